The van der Waals surface area contributed by atoms with E-state index in [9.17, 15) is 9.18 Å². The summed E-state index contributed by atoms with van der Waals surface area (Å²) in [6, 6.07) is 1.64. The van der Waals surface area contributed by atoms with Crippen molar-refractivity contribution in [2.75, 3.05) is 6.67 Å². The molecule has 0 aliphatic rings. The fraction of sp³-hybridized carbons (Fsp3) is 0.250. The van der Waals surface area contributed by atoms with E-state index in [0.717, 1.165) is 0 Å². The number of halogens is 1. The van der Waals surface area contributed by atoms with Gasteiger partial charge in [0.1, 0.15) is 13.0 Å². The Morgan fingerprint density at radius 1 is 1.73 bits per heavy atom. The second kappa shape index (κ2) is 5.36. The van der Waals surface area contributed by atoms with Gasteiger partial charge in [-0.3, -0.25) is 4.79 Å². The molecular weight excluding hydrogens is 145 g/mol. The minimum absolute atomic E-state index is 0.0369. The molecule has 58 valence electrons. The summed E-state index contributed by atoms with van der Waals surface area (Å²) in [7, 11) is 0. The van der Waals surface area contributed by atoms with Crippen LogP contribution in [0, 0.1) is 11.3 Å². The van der Waals surface area contributed by atoms with Crippen molar-refractivity contribution >= 4 is 6.29 Å². The standard InChI is InChI=1S/C8H8FNO/c1-2-7(6-11)3-8(4-9)5-10/h2-3,6H,4H2,1H3/b7-2+,8-3+. The quantitative estimate of drug-likeness (QED) is 0.267. The minimum atomic E-state index is -0.832. The average molecular weight is 153 g/mol. The molecule has 11 heavy (non-hydrogen) atoms. The van der Waals surface area contributed by atoms with Gasteiger partial charge in [0.2, 0.25) is 0 Å². The maximum atomic E-state index is 11.9. The molecule has 2 nitrogen and oxygen atoms in total. The van der Waals surface area contributed by atoms with Crippen molar-refractivity contribution < 1.29 is 9.18 Å². The molecule has 0 saturated heterocycles. The van der Waals surface area contributed by atoms with E-state index in [1.165, 1.54) is 12.2 Å². The predicted molar refractivity (Wildman–Crippen MR) is 39.5 cm³/mol. The van der Waals surface area contributed by atoms with Crippen molar-refractivity contribution in [2.24, 2.45) is 0 Å². The topological polar surface area (TPSA) is 40.9 Å². The molecule has 0 aromatic carbocycles. The van der Waals surface area contributed by atoms with Crippen LogP contribution in [0.4, 0.5) is 4.39 Å². The van der Waals surface area contributed by atoms with Crippen LogP contribution in [-0.4, -0.2) is 13.0 Å². The minimum Gasteiger partial charge on any atom is -0.298 e. The molecule has 0 fully saturated rings. The molecule has 0 bridgehead atoms. The molecule has 0 amide bonds. The van der Waals surface area contributed by atoms with E-state index in [0.29, 0.717) is 11.9 Å². The number of hydrogen-bond donors (Lipinski definition) is 0. The molecular formula is C8H8FNO. The number of allylic oxidation sites excluding steroid dienone is 4. The van der Waals surface area contributed by atoms with Crippen molar-refractivity contribution in [2.45, 2.75) is 6.92 Å². The molecule has 0 unspecified atom stereocenters. The van der Waals surface area contributed by atoms with Crippen LogP contribution < -0.4 is 0 Å². The summed E-state index contributed by atoms with van der Waals surface area (Å²) in [5.41, 5.74) is 0.282. The number of carbonyl (C=O) groups is 1. The van der Waals surface area contributed by atoms with E-state index < -0.39 is 6.67 Å². The summed E-state index contributed by atoms with van der Waals surface area (Å²) in [6.45, 7) is 0.815. The van der Waals surface area contributed by atoms with Crippen molar-refractivity contribution in [3.63, 3.8) is 0 Å². The lowest BCUT2D eigenvalue weighted by Gasteiger charge is -1.88. The van der Waals surface area contributed by atoms with Gasteiger partial charge in [-0.25, -0.2) is 4.39 Å². The molecule has 0 aromatic rings. The summed E-state index contributed by atoms with van der Waals surface area (Å²) in [6.07, 6.45) is 3.32. The highest BCUT2D eigenvalue weighted by Gasteiger charge is 1.94. The summed E-state index contributed by atoms with van der Waals surface area (Å²) >= 11 is 0. The molecule has 0 aromatic heterocycles. The Labute approximate surface area is 64.6 Å². The number of rotatable bonds is 3. The first-order valence-corrected chi connectivity index (χ1v) is 3.06. The Kier molecular flexibility index (Phi) is 4.67. The summed E-state index contributed by atoms with van der Waals surface area (Å²) in [5, 5.41) is 8.26. The summed E-state index contributed by atoms with van der Waals surface area (Å²) in [4.78, 5) is 10.2. The first kappa shape index (κ1) is 9.57. The Hall–Kier alpha value is -1.43. The van der Waals surface area contributed by atoms with Gasteiger partial charge in [0.15, 0.2) is 0 Å². The molecule has 0 aliphatic carbocycles. The van der Waals surface area contributed by atoms with Gasteiger partial charge in [0.25, 0.3) is 0 Å². The number of alkyl halides is 1. The molecule has 0 aliphatic heterocycles. The maximum absolute atomic E-state index is 11.9. The number of carbonyl (C=O) groups excluding carboxylic acids is 1. The molecule has 0 rings (SSSR count). The third kappa shape index (κ3) is 3.31. The SMILES string of the molecule is C/C=C(C=O)\C=C(\C#N)CF. The summed E-state index contributed by atoms with van der Waals surface area (Å²) < 4.78 is 11.9. The Balaban J connectivity index is 4.52. The second-order valence-electron chi connectivity index (χ2n) is 1.82. The summed E-state index contributed by atoms with van der Waals surface area (Å²) in [5.74, 6) is 0. The molecule has 0 N–H and O–H groups in total. The highest BCUT2D eigenvalue weighted by molar-refractivity contribution is 5.77. The number of aldehydes is 1. The van der Waals surface area contributed by atoms with Gasteiger partial charge in [-0.2, -0.15) is 5.26 Å². The van der Waals surface area contributed by atoms with Gasteiger partial charge < -0.3 is 0 Å². The lowest BCUT2D eigenvalue weighted by Crippen LogP contribution is -1.85. The Bertz CT molecular complexity index is 235. The lowest BCUT2D eigenvalue weighted by atomic mass is 10.2. The fourth-order valence-corrected chi connectivity index (χ4v) is 0.487. The number of nitriles is 1. The maximum Gasteiger partial charge on any atom is 0.149 e. The van der Waals surface area contributed by atoms with Crippen LogP contribution in [0.25, 0.3) is 0 Å². The van der Waals surface area contributed by atoms with E-state index in [1.807, 2.05) is 0 Å². The highest BCUT2D eigenvalue weighted by atomic mass is 19.1. The van der Waals surface area contributed by atoms with E-state index in [2.05, 4.69) is 0 Å². The smallest absolute Gasteiger partial charge is 0.149 e. The van der Waals surface area contributed by atoms with Gasteiger partial charge >= 0.3 is 0 Å². The predicted octanol–water partition coefficient (Wildman–Crippen LogP) is 1.55. The van der Waals surface area contributed by atoms with Crippen molar-refractivity contribution in [3.05, 3.63) is 23.3 Å². The van der Waals surface area contributed by atoms with Crippen molar-refractivity contribution in [1.29, 1.82) is 5.26 Å². The van der Waals surface area contributed by atoms with Crippen LogP contribution in [0.15, 0.2) is 23.3 Å². The normalized spacial score (nSPS) is 12.5. The third-order valence-corrected chi connectivity index (χ3v) is 1.10. The molecule has 0 heterocycles. The van der Waals surface area contributed by atoms with E-state index >= 15 is 0 Å². The van der Waals surface area contributed by atoms with Crippen LogP contribution >= 0.6 is 0 Å². The fourth-order valence-electron chi connectivity index (χ4n) is 0.487. The number of nitrogens with zero attached hydrogens (tertiary/aromatic N) is 1. The van der Waals surface area contributed by atoms with Gasteiger partial charge in [-0.1, -0.05) is 6.08 Å². The average Bonchev–Trinajstić information content (AvgIpc) is 2.07. The van der Waals surface area contributed by atoms with Crippen LogP contribution in [0.1, 0.15) is 6.92 Å². The zero-order valence-electron chi connectivity index (χ0n) is 6.17. The van der Waals surface area contributed by atoms with Crippen molar-refractivity contribution in [3.8, 4) is 6.07 Å². The third-order valence-electron chi connectivity index (χ3n) is 1.10. The zero-order valence-corrected chi connectivity index (χ0v) is 6.17. The van der Waals surface area contributed by atoms with Gasteiger partial charge in [0, 0.05) is 5.57 Å². The largest absolute Gasteiger partial charge is 0.298 e. The molecule has 0 atom stereocenters. The van der Waals surface area contributed by atoms with Crippen LogP contribution in [0.2, 0.25) is 0 Å². The first-order chi connectivity index (χ1) is 5.28. The highest BCUT2D eigenvalue weighted by Crippen LogP contribution is 1.99. The van der Waals surface area contributed by atoms with E-state index in [1.54, 1.807) is 13.0 Å². The molecule has 0 spiro atoms. The monoisotopic (exact) mass is 153 g/mol. The van der Waals surface area contributed by atoms with E-state index in [-0.39, 0.29) is 5.57 Å². The van der Waals surface area contributed by atoms with E-state index in [4.69, 9.17) is 5.26 Å². The van der Waals surface area contributed by atoms with Crippen LogP contribution in [-0.2, 0) is 4.79 Å². The second-order valence-corrected chi connectivity index (χ2v) is 1.82. The molecule has 3 heteroatoms. The van der Waals surface area contributed by atoms with Gasteiger partial charge in [-0.15, -0.1) is 0 Å². The number of hydrogen-bond acceptors (Lipinski definition) is 2. The van der Waals surface area contributed by atoms with Crippen molar-refractivity contribution in [1.82, 2.24) is 0 Å². The first-order valence-electron chi connectivity index (χ1n) is 3.06. The van der Waals surface area contributed by atoms with Gasteiger partial charge in [-0.05, 0) is 13.0 Å². The molecule has 0 saturated carbocycles. The Morgan fingerprint density at radius 2 is 2.36 bits per heavy atom. The Morgan fingerprint density at radius 3 is 2.64 bits per heavy atom. The van der Waals surface area contributed by atoms with Gasteiger partial charge in [0.05, 0.1) is 11.6 Å². The van der Waals surface area contributed by atoms with Crippen LogP contribution in [0.5, 0.6) is 0 Å². The zero-order chi connectivity index (χ0) is 8.69. The molecule has 0 radical (unpaired) electrons. The lowest BCUT2D eigenvalue weighted by molar-refractivity contribution is -0.104. The van der Waals surface area contributed by atoms with Crippen LogP contribution in [0.3, 0.4) is 0 Å².